The summed E-state index contributed by atoms with van der Waals surface area (Å²) in [5.74, 6) is 0. The number of nitrogens with zero attached hydrogens (tertiary/aromatic N) is 1. The molecule has 2 aliphatic heterocycles. The molecule has 0 saturated carbocycles. The van der Waals surface area contributed by atoms with Crippen LogP contribution in [-0.4, -0.2) is 11.7 Å². The molecule has 0 spiro atoms. The lowest BCUT2D eigenvalue weighted by Gasteiger charge is -2.19. The predicted molar refractivity (Wildman–Crippen MR) is 44.8 cm³/mol. The van der Waals surface area contributed by atoms with Crippen molar-refractivity contribution in [2.24, 2.45) is 4.99 Å². The van der Waals surface area contributed by atoms with E-state index in [1.54, 1.807) is 18.1 Å². The Labute approximate surface area is 64.1 Å². The average molecular weight is 152 g/mol. The molecule has 52 valence electrons. The normalized spacial score (nSPS) is 28.8. The number of nitrogens with one attached hydrogen (secondary N) is 1. The molecule has 0 aliphatic carbocycles. The van der Waals surface area contributed by atoms with Gasteiger partial charge in [-0.1, -0.05) is 6.08 Å². The summed E-state index contributed by atoms with van der Waals surface area (Å²) in [6.07, 6.45) is 6.99. The van der Waals surface area contributed by atoms with Crippen molar-refractivity contribution in [3.8, 4) is 0 Å². The second-order valence-corrected chi connectivity index (χ2v) is 3.22. The number of thioether (sulfide) groups is 1. The van der Waals surface area contributed by atoms with Gasteiger partial charge in [0, 0.05) is 6.20 Å². The second-order valence-electron chi connectivity index (χ2n) is 2.23. The Kier molecular flexibility index (Phi) is 1.51. The first-order valence-corrected chi connectivity index (χ1v) is 4.18. The lowest BCUT2D eigenvalue weighted by atomic mass is 10.2. The van der Waals surface area contributed by atoms with Gasteiger partial charge in [-0.2, -0.15) is 0 Å². The number of hydrogen-bond donors (Lipinski definition) is 1. The van der Waals surface area contributed by atoms with Crippen LogP contribution in [-0.2, 0) is 0 Å². The minimum absolute atomic E-state index is 0.353. The summed E-state index contributed by atoms with van der Waals surface area (Å²) >= 11 is 1.76. The molecule has 0 fully saturated rings. The first-order chi connectivity index (χ1) is 4.97. The fourth-order valence-electron chi connectivity index (χ4n) is 1.02. The number of hydrogen-bond acceptors (Lipinski definition) is 3. The molecule has 1 atom stereocenters. The Hall–Kier alpha value is -0.700. The summed E-state index contributed by atoms with van der Waals surface area (Å²) in [6, 6.07) is 0. The smallest absolute Gasteiger partial charge is 0.124 e. The van der Waals surface area contributed by atoms with Gasteiger partial charge in [-0.05, 0) is 17.4 Å². The molecule has 0 aromatic carbocycles. The van der Waals surface area contributed by atoms with Gasteiger partial charge in [0.15, 0.2) is 0 Å². The summed E-state index contributed by atoms with van der Waals surface area (Å²) in [6.45, 7) is 0. The summed E-state index contributed by atoms with van der Waals surface area (Å²) in [7, 11) is 0. The highest BCUT2D eigenvalue weighted by atomic mass is 32.2. The molecule has 1 unspecified atom stereocenters. The van der Waals surface area contributed by atoms with E-state index in [-0.39, 0.29) is 0 Å². The molecule has 0 bridgehead atoms. The fraction of sp³-hybridized carbons (Fsp3) is 0.286. The molecule has 0 radical (unpaired) electrons. The van der Waals surface area contributed by atoms with Crippen LogP contribution in [0.25, 0.3) is 0 Å². The predicted octanol–water partition coefficient (Wildman–Crippen LogP) is 1.48. The van der Waals surface area contributed by atoms with Crippen molar-refractivity contribution < 1.29 is 0 Å². The zero-order chi connectivity index (χ0) is 6.81. The third-order valence-corrected chi connectivity index (χ3v) is 2.56. The Balaban J connectivity index is 2.23. The Bertz CT molecular complexity index is 218. The van der Waals surface area contributed by atoms with E-state index in [1.807, 2.05) is 6.20 Å². The summed E-state index contributed by atoms with van der Waals surface area (Å²) in [5.41, 5.74) is 1.37. The van der Waals surface area contributed by atoms with E-state index in [1.165, 1.54) is 5.57 Å². The summed E-state index contributed by atoms with van der Waals surface area (Å²) in [4.78, 5) is 4.26. The Morgan fingerprint density at radius 3 is 3.60 bits per heavy atom. The molecule has 0 aromatic heterocycles. The van der Waals surface area contributed by atoms with Crippen molar-refractivity contribution in [2.75, 3.05) is 0 Å². The van der Waals surface area contributed by atoms with Crippen LogP contribution in [0.4, 0.5) is 0 Å². The van der Waals surface area contributed by atoms with Crippen molar-refractivity contribution in [1.29, 1.82) is 0 Å². The summed E-state index contributed by atoms with van der Waals surface area (Å²) in [5, 5.41) is 5.45. The van der Waals surface area contributed by atoms with Gasteiger partial charge in [0.2, 0.25) is 0 Å². The number of rotatable bonds is 0. The van der Waals surface area contributed by atoms with Crippen LogP contribution in [0.3, 0.4) is 0 Å². The molecule has 3 heteroatoms. The molecule has 0 aromatic rings. The lowest BCUT2D eigenvalue weighted by molar-refractivity contribution is 0.948. The van der Waals surface area contributed by atoms with Crippen LogP contribution < -0.4 is 5.32 Å². The van der Waals surface area contributed by atoms with Gasteiger partial charge < -0.3 is 5.32 Å². The molecule has 2 nitrogen and oxygen atoms in total. The van der Waals surface area contributed by atoms with Crippen LogP contribution in [0.2, 0.25) is 0 Å². The first-order valence-electron chi connectivity index (χ1n) is 3.24. The molecule has 0 saturated heterocycles. The molecular formula is C7H8N2S. The minimum Gasteiger partial charge on any atom is -0.353 e. The van der Waals surface area contributed by atoms with Gasteiger partial charge in [-0.3, -0.25) is 4.99 Å². The topological polar surface area (TPSA) is 24.4 Å². The fourth-order valence-corrected chi connectivity index (χ4v) is 1.84. The molecule has 10 heavy (non-hydrogen) atoms. The van der Waals surface area contributed by atoms with Gasteiger partial charge in [-0.15, -0.1) is 11.8 Å². The molecule has 1 N–H and O–H groups in total. The quantitative estimate of drug-likeness (QED) is 0.568. The van der Waals surface area contributed by atoms with Crippen LogP contribution >= 0.6 is 11.8 Å². The van der Waals surface area contributed by atoms with Crippen molar-refractivity contribution in [3.63, 3.8) is 0 Å². The van der Waals surface area contributed by atoms with E-state index in [0.29, 0.717) is 5.37 Å². The van der Waals surface area contributed by atoms with Crippen LogP contribution in [0, 0.1) is 0 Å². The van der Waals surface area contributed by atoms with Crippen molar-refractivity contribution in [1.82, 2.24) is 5.32 Å². The Morgan fingerprint density at radius 2 is 2.70 bits per heavy atom. The van der Waals surface area contributed by atoms with Gasteiger partial charge in [0.05, 0.1) is 6.34 Å². The van der Waals surface area contributed by atoms with Crippen LogP contribution in [0.15, 0.2) is 28.2 Å². The number of fused-ring (bicyclic) bond motifs is 1. The van der Waals surface area contributed by atoms with Gasteiger partial charge in [0.1, 0.15) is 5.37 Å². The zero-order valence-corrected chi connectivity index (χ0v) is 6.27. The highest BCUT2D eigenvalue weighted by Crippen LogP contribution is 2.29. The third kappa shape index (κ3) is 0.968. The number of aliphatic imine (C=N–C) groups is 1. The van der Waals surface area contributed by atoms with Crippen molar-refractivity contribution in [3.05, 3.63) is 23.3 Å². The maximum Gasteiger partial charge on any atom is 0.124 e. The molecular weight excluding hydrogens is 144 g/mol. The molecule has 2 heterocycles. The Morgan fingerprint density at radius 1 is 1.70 bits per heavy atom. The summed E-state index contributed by atoms with van der Waals surface area (Å²) < 4.78 is 0. The van der Waals surface area contributed by atoms with Crippen molar-refractivity contribution >= 4 is 18.1 Å². The standard InChI is InChI=1S/C7H8N2S/c1-2-6-4-8-5-9-7(6)10-3-1/h1,3-5,7H,2H2,(H,8,9). The van der Waals surface area contributed by atoms with Crippen LogP contribution in [0.1, 0.15) is 6.42 Å². The van der Waals surface area contributed by atoms with Crippen molar-refractivity contribution in [2.45, 2.75) is 11.8 Å². The monoisotopic (exact) mass is 152 g/mol. The van der Waals surface area contributed by atoms with E-state index in [9.17, 15) is 0 Å². The largest absolute Gasteiger partial charge is 0.353 e. The van der Waals surface area contributed by atoms with Gasteiger partial charge >= 0.3 is 0 Å². The van der Waals surface area contributed by atoms with E-state index in [0.717, 1.165) is 6.42 Å². The highest BCUT2D eigenvalue weighted by molar-refractivity contribution is 8.02. The van der Waals surface area contributed by atoms with E-state index >= 15 is 0 Å². The van der Waals surface area contributed by atoms with Gasteiger partial charge in [-0.25, -0.2) is 0 Å². The maximum absolute atomic E-state index is 4.26. The molecule has 2 aliphatic rings. The lowest BCUT2D eigenvalue weighted by Crippen LogP contribution is -2.17. The maximum atomic E-state index is 4.26. The average Bonchev–Trinajstić information content (AvgIpc) is 2.05. The first kappa shape index (κ1) is 6.04. The minimum atomic E-state index is 0.353. The third-order valence-electron chi connectivity index (χ3n) is 1.53. The van der Waals surface area contributed by atoms with E-state index in [4.69, 9.17) is 0 Å². The molecule has 0 amide bonds. The SMILES string of the molecule is C1=CSC2N=CNC=C2C1. The van der Waals surface area contributed by atoms with E-state index < -0.39 is 0 Å². The zero-order valence-electron chi connectivity index (χ0n) is 5.45. The van der Waals surface area contributed by atoms with E-state index in [2.05, 4.69) is 21.8 Å². The molecule has 2 rings (SSSR count). The number of allylic oxidation sites excluding steroid dienone is 1. The van der Waals surface area contributed by atoms with Gasteiger partial charge in [0.25, 0.3) is 0 Å². The highest BCUT2D eigenvalue weighted by Gasteiger charge is 2.15. The second kappa shape index (κ2) is 2.50. The van der Waals surface area contributed by atoms with Crippen LogP contribution in [0.5, 0.6) is 0 Å².